The molecule has 4 heteroatoms. The van der Waals surface area contributed by atoms with Gasteiger partial charge < -0.3 is 10.1 Å². The number of aromatic nitrogens is 1. The lowest BCUT2D eigenvalue weighted by atomic mass is 10.0. The molecule has 1 aromatic rings. The molecule has 0 amide bonds. The fraction of sp³-hybridized carbons (Fsp3) is 0.824. The number of thiazole rings is 1. The topological polar surface area (TPSA) is 34.1 Å². The molecule has 0 unspecified atom stereocenters. The Morgan fingerprint density at radius 1 is 1.29 bits per heavy atom. The summed E-state index contributed by atoms with van der Waals surface area (Å²) in [5.74, 6) is 0.710. The molecule has 0 aliphatic heterocycles. The number of hydrogen-bond donors (Lipinski definition) is 1. The Bertz CT molecular complexity index is 493. The second-order valence-electron chi connectivity index (χ2n) is 7.61. The third-order valence-corrected chi connectivity index (χ3v) is 5.92. The molecular formula is C17H28N2OS. The third kappa shape index (κ3) is 3.33. The van der Waals surface area contributed by atoms with Crippen molar-refractivity contribution in [3.05, 3.63) is 15.6 Å². The second-order valence-corrected chi connectivity index (χ2v) is 8.69. The van der Waals surface area contributed by atoms with Gasteiger partial charge in [-0.1, -0.05) is 12.8 Å². The Kier molecular flexibility index (Phi) is 4.15. The number of nitrogens with one attached hydrogen (secondary N) is 1. The fourth-order valence-corrected chi connectivity index (χ4v) is 4.47. The van der Waals surface area contributed by atoms with Crippen LogP contribution in [0.4, 0.5) is 0 Å². The summed E-state index contributed by atoms with van der Waals surface area (Å²) < 4.78 is 5.93. The summed E-state index contributed by atoms with van der Waals surface area (Å²) in [7, 11) is 1.86. The van der Waals surface area contributed by atoms with E-state index in [-0.39, 0.29) is 11.1 Å². The molecule has 0 atom stereocenters. The maximum Gasteiger partial charge on any atom is 0.125 e. The summed E-state index contributed by atoms with van der Waals surface area (Å²) in [6.07, 6.45) is 7.42. The van der Waals surface area contributed by atoms with Crippen molar-refractivity contribution in [1.82, 2.24) is 10.3 Å². The van der Waals surface area contributed by atoms with Crippen LogP contribution in [-0.4, -0.2) is 17.6 Å². The van der Waals surface area contributed by atoms with Crippen molar-refractivity contribution in [2.45, 2.75) is 82.9 Å². The highest BCUT2D eigenvalue weighted by Gasteiger charge is 2.40. The van der Waals surface area contributed by atoms with Crippen molar-refractivity contribution in [1.29, 1.82) is 0 Å². The SMILES string of the molecule is COC1(c2nc(C3CC3)c(CNC(C)(C)C)s2)CCCC1. The highest BCUT2D eigenvalue weighted by molar-refractivity contribution is 7.11. The molecule has 0 saturated heterocycles. The van der Waals surface area contributed by atoms with Crippen molar-refractivity contribution in [2.75, 3.05) is 7.11 Å². The minimum atomic E-state index is -0.0890. The maximum atomic E-state index is 5.93. The Hall–Kier alpha value is -0.450. The molecule has 0 bridgehead atoms. The standard InChI is InChI=1S/C17H28N2OS/c1-16(2,3)18-11-13-14(12-7-8-12)19-15(21-13)17(20-4)9-5-6-10-17/h12,18H,5-11H2,1-4H3. The summed E-state index contributed by atoms with van der Waals surface area (Å²) in [4.78, 5) is 6.49. The molecule has 2 aliphatic rings. The quantitative estimate of drug-likeness (QED) is 0.879. The number of hydrogen-bond acceptors (Lipinski definition) is 4. The molecule has 2 aliphatic carbocycles. The molecule has 0 spiro atoms. The van der Waals surface area contributed by atoms with Gasteiger partial charge in [0.05, 0.1) is 5.69 Å². The van der Waals surface area contributed by atoms with Crippen LogP contribution in [0, 0.1) is 0 Å². The van der Waals surface area contributed by atoms with E-state index >= 15 is 0 Å². The lowest BCUT2D eigenvalue weighted by molar-refractivity contribution is -0.00896. The van der Waals surface area contributed by atoms with E-state index in [1.807, 2.05) is 18.4 Å². The van der Waals surface area contributed by atoms with Crippen LogP contribution in [0.1, 0.15) is 80.8 Å². The Morgan fingerprint density at radius 2 is 1.95 bits per heavy atom. The van der Waals surface area contributed by atoms with Gasteiger partial charge in [0.1, 0.15) is 10.6 Å². The third-order valence-electron chi connectivity index (χ3n) is 4.66. The molecule has 1 N–H and O–H groups in total. The molecule has 0 aromatic carbocycles. The van der Waals surface area contributed by atoms with Gasteiger partial charge in [-0.3, -0.25) is 0 Å². The minimum Gasteiger partial charge on any atom is -0.371 e. The molecule has 1 heterocycles. The van der Waals surface area contributed by atoms with Gasteiger partial charge in [-0.15, -0.1) is 11.3 Å². The number of rotatable bonds is 5. The number of ether oxygens (including phenoxy) is 1. The summed E-state index contributed by atoms with van der Waals surface area (Å²) in [5, 5.41) is 4.86. The van der Waals surface area contributed by atoms with Gasteiger partial charge >= 0.3 is 0 Å². The van der Waals surface area contributed by atoms with Crippen LogP contribution in [0.2, 0.25) is 0 Å². The lowest BCUT2D eigenvalue weighted by Gasteiger charge is -2.24. The fourth-order valence-electron chi connectivity index (χ4n) is 3.16. The van der Waals surface area contributed by atoms with Crippen LogP contribution in [0.15, 0.2) is 0 Å². The predicted octanol–water partition coefficient (Wildman–Crippen LogP) is 4.32. The highest BCUT2D eigenvalue weighted by Crippen LogP contribution is 2.48. The largest absolute Gasteiger partial charge is 0.371 e. The molecule has 3 nitrogen and oxygen atoms in total. The van der Waals surface area contributed by atoms with Crippen LogP contribution in [0.5, 0.6) is 0 Å². The monoisotopic (exact) mass is 308 g/mol. The average Bonchev–Trinajstić information content (AvgIpc) is 3.01. The molecular weight excluding hydrogens is 280 g/mol. The molecule has 2 fully saturated rings. The Balaban J connectivity index is 1.85. The first kappa shape index (κ1) is 15.4. The summed E-state index contributed by atoms with van der Waals surface area (Å²) in [6.45, 7) is 7.60. The minimum absolute atomic E-state index is 0.0890. The second kappa shape index (κ2) is 5.64. The first-order valence-corrected chi connectivity index (χ1v) is 9.05. The van der Waals surface area contributed by atoms with E-state index in [1.54, 1.807) is 0 Å². The molecule has 1 aromatic heterocycles. The normalized spacial score (nSPS) is 21.9. The zero-order valence-electron chi connectivity index (χ0n) is 13.8. The van der Waals surface area contributed by atoms with Crippen LogP contribution in [0.3, 0.4) is 0 Å². The van der Waals surface area contributed by atoms with Crippen molar-refractivity contribution >= 4 is 11.3 Å². The van der Waals surface area contributed by atoms with E-state index in [2.05, 4.69) is 26.1 Å². The van der Waals surface area contributed by atoms with E-state index < -0.39 is 0 Å². The Labute approximate surface area is 132 Å². The zero-order chi connectivity index (χ0) is 15.1. The van der Waals surface area contributed by atoms with Crippen molar-refractivity contribution in [2.24, 2.45) is 0 Å². The molecule has 2 saturated carbocycles. The van der Waals surface area contributed by atoms with Gasteiger partial charge in [-0.05, 0) is 46.5 Å². The predicted molar refractivity (Wildman–Crippen MR) is 87.8 cm³/mol. The first-order chi connectivity index (χ1) is 9.93. The molecule has 21 heavy (non-hydrogen) atoms. The zero-order valence-corrected chi connectivity index (χ0v) is 14.6. The van der Waals surface area contributed by atoms with Gasteiger partial charge in [-0.2, -0.15) is 0 Å². The van der Waals surface area contributed by atoms with E-state index in [1.165, 1.54) is 41.3 Å². The maximum absolute atomic E-state index is 5.93. The van der Waals surface area contributed by atoms with Crippen LogP contribution in [0.25, 0.3) is 0 Å². The van der Waals surface area contributed by atoms with Gasteiger partial charge in [0.2, 0.25) is 0 Å². The van der Waals surface area contributed by atoms with E-state index in [0.717, 1.165) is 19.4 Å². The van der Waals surface area contributed by atoms with Crippen LogP contribution < -0.4 is 5.32 Å². The summed E-state index contributed by atoms with van der Waals surface area (Å²) >= 11 is 1.89. The summed E-state index contributed by atoms with van der Waals surface area (Å²) in [6, 6.07) is 0. The van der Waals surface area contributed by atoms with Crippen LogP contribution >= 0.6 is 11.3 Å². The van der Waals surface area contributed by atoms with Crippen LogP contribution in [-0.2, 0) is 16.9 Å². The lowest BCUT2D eigenvalue weighted by Crippen LogP contribution is -2.35. The van der Waals surface area contributed by atoms with Crippen molar-refractivity contribution in [3.8, 4) is 0 Å². The summed E-state index contributed by atoms with van der Waals surface area (Å²) in [5.41, 5.74) is 1.42. The van der Waals surface area contributed by atoms with Gasteiger partial charge in [0.25, 0.3) is 0 Å². The molecule has 118 valence electrons. The van der Waals surface area contributed by atoms with Gasteiger partial charge in [-0.25, -0.2) is 4.98 Å². The average molecular weight is 308 g/mol. The van der Waals surface area contributed by atoms with Gasteiger partial charge in [0, 0.05) is 30.0 Å². The molecule has 3 rings (SSSR count). The first-order valence-electron chi connectivity index (χ1n) is 8.24. The van der Waals surface area contributed by atoms with Crippen molar-refractivity contribution < 1.29 is 4.74 Å². The van der Waals surface area contributed by atoms with Gasteiger partial charge in [0.15, 0.2) is 0 Å². The number of methoxy groups -OCH3 is 1. The van der Waals surface area contributed by atoms with Crippen molar-refractivity contribution in [3.63, 3.8) is 0 Å². The number of nitrogens with zero attached hydrogens (tertiary/aromatic N) is 1. The van der Waals surface area contributed by atoms with E-state index in [4.69, 9.17) is 9.72 Å². The highest BCUT2D eigenvalue weighted by atomic mass is 32.1. The smallest absolute Gasteiger partial charge is 0.125 e. The van der Waals surface area contributed by atoms with E-state index in [0.29, 0.717) is 5.92 Å². The Morgan fingerprint density at radius 3 is 2.48 bits per heavy atom. The molecule has 0 radical (unpaired) electrons. The van der Waals surface area contributed by atoms with E-state index in [9.17, 15) is 0 Å².